The highest BCUT2D eigenvalue weighted by Gasteiger charge is 1.90. The topological polar surface area (TPSA) is 35.8 Å². The summed E-state index contributed by atoms with van der Waals surface area (Å²) in [6.45, 7) is 3.97. The maximum absolute atomic E-state index is 8.39. The molecule has 0 heterocycles. The summed E-state index contributed by atoms with van der Waals surface area (Å²) in [5.74, 6) is 0. The van der Waals surface area contributed by atoms with Crippen LogP contribution >= 0.6 is 0 Å². The highest BCUT2D eigenvalue weighted by atomic mass is 14.8. The minimum Gasteiger partial charge on any atom is -0.394 e. The smallest absolute Gasteiger partial charge is 0.0666 e. The molecular formula is C9H14N2. The van der Waals surface area contributed by atoms with Crippen LogP contribution in [0.5, 0.6) is 0 Å². The lowest BCUT2D eigenvalue weighted by molar-refractivity contribution is 1.09. The lowest BCUT2D eigenvalue weighted by Gasteiger charge is -1.97. The monoisotopic (exact) mass is 150 g/mol. The van der Waals surface area contributed by atoms with E-state index in [-0.39, 0.29) is 0 Å². The van der Waals surface area contributed by atoms with Gasteiger partial charge in [-0.25, -0.2) is 0 Å². The van der Waals surface area contributed by atoms with E-state index < -0.39 is 0 Å². The molecule has 0 fully saturated rings. The van der Waals surface area contributed by atoms with Crippen LogP contribution in [0.1, 0.15) is 20.3 Å². The zero-order valence-electron chi connectivity index (χ0n) is 7.31. The molecule has 0 unspecified atom stereocenters. The average molecular weight is 150 g/mol. The molecular weight excluding hydrogens is 136 g/mol. The van der Waals surface area contributed by atoms with Crippen molar-refractivity contribution in [3.05, 3.63) is 23.4 Å². The number of nitrogens with one attached hydrogen (secondary N) is 1. The molecule has 0 aliphatic heterocycles. The van der Waals surface area contributed by atoms with Crippen LogP contribution in [0.15, 0.2) is 23.4 Å². The Labute approximate surface area is 68.2 Å². The first-order valence-corrected chi connectivity index (χ1v) is 3.59. The van der Waals surface area contributed by atoms with Gasteiger partial charge < -0.3 is 5.32 Å². The van der Waals surface area contributed by atoms with Gasteiger partial charge in [0.25, 0.3) is 0 Å². The van der Waals surface area contributed by atoms with E-state index in [9.17, 15) is 0 Å². The van der Waals surface area contributed by atoms with E-state index in [2.05, 4.69) is 11.4 Å². The van der Waals surface area contributed by atoms with Gasteiger partial charge in [0.1, 0.15) is 0 Å². The molecule has 0 aromatic carbocycles. The van der Waals surface area contributed by atoms with Crippen molar-refractivity contribution in [1.82, 2.24) is 5.32 Å². The largest absolute Gasteiger partial charge is 0.394 e. The number of allylic oxidation sites excluding steroid dienone is 3. The first-order chi connectivity index (χ1) is 5.22. The van der Waals surface area contributed by atoms with E-state index in [1.807, 2.05) is 33.2 Å². The van der Waals surface area contributed by atoms with Crippen LogP contribution in [0.4, 0.5) is 0 Å². The van der Waals surface area contributed by atoms with Gasteiger partial charge in [-0.1, -0.05) is 5.57 Å². The van der Waals surface area contributed by atoms with Crippen LogP contribution in [0.3, 0.4) is 0 Å². The summed E-state index contributed by atoms with van der Waals surface area (Å²) < 4.78 is 0. The molecule has 0 aliphatic carbocycles. The summed E-state index contributed by atoms with van der Waals surface area (Å²) >= 11 is 0. The summed E-state index contributed by atoms with van der Waals surface area (Å²) in [4.78, 5) is 0. The first kappa shape index (κ1) is 9.77. The van der Waals surface area contributed by atoms with Crippen LogP contribution in [0, 0.1) is 11.3 Å². The van der Waals surface area contributed by atoms with E-state index in [1.54, 1.807) is 0 Å². The van der Waals surface area contributed by atoms with Crippen molar-refractivity contribution >= 4 is 0 Å². The lowest BCUT2D eigenvalue weighted by atomic mass is 10.1. The van der Waals surface area contributed by atoms with Gasteiger partial charge in [0, 0.05) is 7.05 Å². The average Bonchev–Trinajstić information content (AvgIpc) is 2.00. The number of nitriles is 1. The summed E-state index contributed by atoms with van der Waals surface area (Å²) in [6, 6.07) is 2.11. The quantitative estimate of drug-likeness (QED) is 0.624. The second kappa shape index (κ2) is 5.55. The molecule has 0 saturated carbocycles. The fourth-order valence-electron chi connectivity index (χ4n) is 0.609. The maximum Gasteiger partial charge on any atom is 0.0666 e. The van der Waals surface area contributed by atoms with Crippen molar-refractivity contribution in [2.75, 3.05) is 7.05 Å². The summed E-state index contributed by atoms with van der Waals surface area (Å²) in [5, 5.41) is 11.3. The zero-order chi connectivity index (χ0) is 8.69. The Hall–Kier alpha value is -1.23. The fourth-order valence-corrected chi connectivity index (χ4v) is 0.609. The Kier molecular flexibility index (Phi) is 4.93. The number of rotatable bonds is 3. The van der Waals surface area contributed by atoms with Crippen molar-refractivity contribution in [3.63, 3.8) is 0 Å². The van der Waals surface area contributed by atoms with Crippen molar-refractivity contribution in [2.24, 2.45) is 0 Å². The second-order valence-electron chi connectivity index (χ2n) is 2.42. The van der Waals surface area contributed by atoms with E-state index in [4.69, 9.17) is 5.26 Å². The molecule has 0 spiro atoms. The predicted molar refractivity (Wildman–Crippen MR) is 46.8 cm³/mol. The molecule has 60 valence electrons. The summed E-state index contributed by atoms with van der Waals surface area (Å²) in [5.41, 5.74) is 2.28. The molecule has 1 N–H and O–H groups in total. The van der Waals surface area contributed by atoms with Gasteiger partial charge in [-0.15, -0.1) is 0 Å². The molecule has 11 heavy (non-hydrogen) atoms. The Morgan fingerprint density at radius 1 is 1.55 bits per heavy atom. The Bertz CT molecular complexity index is 206. The highest BCUT2D eigenvalue weighted by molar-refractivity contribution is 5.23. The molecule has 0 aliphatic rings. The van der Waals surface area contributed by atoms with Gasteiger partial charge in [0.05, 0.1) is 12.5 Å². The number of nitrogens with zero attached hydrogens (tertiary/aromatic N) is 1. The molecule has 0 saturated heterocycles. The van der Waals surface area contributed by atoms with Crippen molar-refractivity contribution in [2.45, 2.75) is 20.3 Å². The summed E-state index contributed by atoms with van der Waals surface area (Å²) in [6.07, 6.45) is 4.34. The van der Waals surface area contributed by atoms with Crippen LogP contribution in [-0.2, 0) is 0 Å². The van der Waals surface area contributed by atoms with Crippen molar-refractivity contribution in [3.8, 4) is 6.07 Å². The predicted octanol–water partition coefficient (Wildman–Crippen LogP) is 1.97. The van der Waals surface area contributed by atoms with Gasteiger partial charge in [0.2, 0.25) is 0 Å². The van der Waals surface area contributed by atoms with Crippen molar-refractivity contribution in [1.29, 1.82) is 5.26 Å². The van der Waals surface area contributed by atoms with E-state index in [0.717, 1.165) is 11.1 Å². The van der Waals surface area contributed by atoms with Crippen LogP contribution in [0.2, 0.25) is 0 Å². The first-order valence-electron chi connectivity index (χ1n) is 3.59. The molecule has 0 atom stereocenters. The van der Waals surface area contributed by atoms with Gasteiger partial charge in [-0.3, -0.25) is 0 Å². The third-order valence-electron chi connectivity index (χ3n) is 1.52. The molecule has 0 aromatic heterocycles. The molecule has 0 bridgehead atoms. The van der Waals surface area contributed by atoms with Gasteiger partial charge in [-0.05, 0) is 31.7 Å². The lowest BCUT2D eigenvalue weighted by Crippen LogP contribution is -1.91. The normalized spacial score (nSPS) is 12.5. The Morgan fingerprint density at radius 3 is 2.64 bits per heavy atom. The molecule has 0 radical (unpaired) electrons. The van der Waals surface area contributed by atoms with Crippen molar-refractivity contribution < 1.29 is 0 Å². The van der Waals surface area contributed by atoms with E-state index in [0.29, 0.717) is 6.42 Å². The zero-order valence-corrected chi connectivity index (χ0v) is 7.31. The van der Waals surface area contributed by atoms with Crippen LogP contribution < -0.4 is 5.32 Å². The minimum atomic E-state index is 0.514. The van der Waals surface area contributed by atoms with Gasteiger partial charge in [0.15, 0.2) is 0 Å². The molecule has 0 aromatic rings. The van der Waals surface area contributed by atoms with E-state index >= 15 is 0 Å². The maximum atomic E-state index is 8.39. The third kappa shape index (κ3) is 4.21. The Morgan fingerprint density at radius 2 is 2.18 bits per heavy atom. The van der Waals surface area contributed by atoms with Gasteiger partial charge in [-0.2, -0.15) is 5.26 Å². The molecule has 2 heteroatoms. The standard InChI is InChI=1S/C9H14N2/c1-8(4-6-10)9(2)5-7-11-3/h5,7,11H,4H2,1-3H3/b7-5-,9-8-. The highest BCUT2D eigenvalue weighted by Crippen LogP contribution is 2.07. The SMILES string of the molecule is CN/C=C\C(C)=C(\C)CC#N. The number of hydrogen-bond acceptors (Lipinski definition) is 2. The Balaban J connectivity index is 4.18. The van der Waals surface area contributed by atoms with Crippen LogP contribution in [-0.4, -0.2) is 7.05 Å². The fraction of sp³-hybridized carbons (Fsp3) is 0.444. The summed E-state index contributed by atoms with van der Waals surface area (Å²) in [7, 11) is 1.85. The van der Waals surface area contributed by atoms with Crippen LogP contribution in [0.25, 0.3) is 0 Å². The van der Waals surface area contributed by atoms with Gasteiger partial charge >= 0.3 is 0 Å². The second-order valence-corrected chi connectivity index (χ2v) is 2.42. The minimum absolute atomic E-state index is 0.514. The molecule has 0 amide bonds. The molecule has 2 nitrogen and oxygen atoms in total. The number of hydrogen-bond donors (Lipinski definition) is 1. The van der Waals surface area contributed by atoms with E-state index in [1.165, 1.54) is 0 Å². The third-order valence-corrected chi connectivity index (χ3v) is 1.52. The molecule has 0 rings (SSSR count).